The van der Waals surface area contributed by atoms with Crippen molar-refractivity contribution in [3.63, 3.8) is 0 Å². The van der Waals surface area contributed by atoms with Gasteiger partial charge in [-0.15, -0.1) is 0 Å². The summed E-state index contributed by atoms with van der Waals surface area (Å²) in [6.07, 6.45) is 3.39. The maximum Gasteiger partial charge on any atom is 0.306 e. The molecule has 0 unspecified atom stereocenters. The Balaban J connectivity index is 1.66. The third-order valence-corrected chi connectivity index (χ3v) is 16.5. The number of benzene rings is 2. The van der Waals surface area contributed by atoms with E-state index in [9.17, 15) is 4.79 Å². The predicted molar refractivity (Wildman–Crippen MR) is 183 cm³/mol. The summed E-state index contributed by atoms with van der Waals surface area (Å²) < 4.78 is 34.0. The summed E-state index contributed by atoms with van der Waals surface area (Å²) in [5, 5.41) is 0. The van der Waals surface area contributed by atoms with E-state index < -0.39 is 19.5 Å². The van der Waals surface area contributed by atoms with Gasteiger partial charge in [0.2, 0.25) is 8.32 Å². The van der Waals surface area contributed by atoms with Crippen LogP contribution in [0.4, 0.5) is 0 Å². The summed E-state index contributed by atoms with van der Waals surface area (Å²) in [7, 11) is -2.30. The van der Waals surface area contributed by atoms with E-state index in [4.69, 9.17) is 23.4 Å². The van der Waals surface area contributed by atoms with Crippen molar-refractivity contribution in [1.82, 2.24) is 0 Å². The van der Waals surface area contributed by atoms with Crippen molar-refractivity contribution in [3.05, 3.63) is 71.8 Å². The van der Waals surface area contributed by atoms with E-state index in [1.165, 1.54) is 5.56 Å². The molecule has 0 aliphatic carbocycles. The molecule has 5 atom stereocenters. The Morgan fingerprint density at radius 3 is 2.02 bits per heavy atom. The van der Waals surface area contributed by atoms with E-state index >= 15 is 0 Å². The van der Waals surface area contributed by atoms with Gasteiger partial charge in [0.1, 0.15) is 11.2 Å². The second kappa shape index (κ2) is 15.7. The molecular formula is C38H58O6Si. The number of carbonyl (C=O) groups excluding carboxylic acids is 1. The average molecular weight is 639 g/mol. The first-order valence-corrected chi connectivity index (χ1v) is 19.4. The van der Waals surface area contributed by atoms with Gasteiger partial charge in [-0.05, 0) is 67.3 Å². The van der Waals surface area contributed by atoms with Gasteiger partial charge in [0.25, 0.3) is 0 Å². The Labute approximate surface area is 273 Å². The van der Waals surface area contributed by atoms with Gasteiger partial charge in [0, 0.05) is 19.4 Å². The van der Waals surface area contributed by atoms with E-state index in [2.05, 4.69) is 72.7 Å². The maximum absolute atomic E-state index is 12.7. The maximum atomic E-state index is 12.7. The van der Waals surface area contributed by atoms with Gasteiger partial charge in [-0.3, -0.25) is 4.79 Å². The van der Waals surface area contributed by atoms with E-state index in [1.54, 1.807) is 0 Å². The largest absolute Gasteiger partial charge is 0.456 e. The predicted octanol–water partition coefficient (Wildman–Crippen LogP) is 9.16. The Hall–Kier alpha value is -2.03. The lowest BCUT2D eigenvalue weighted by atomic mass is 9.76. The van der Waals surface area contributed by atoms with E-state index in [0.29, 0.717) is 49.3 Å². The summed E-state index contributed by atoms with van der Waals surface area (Å²) >= 11 is 0. The smallest absolute Gasteiger partial charge is 0.306 e. The topological polar surface area (TPSA) is 63.2 Å². The number of hydrogen-bond acceptors (Lipinski definition) is 6. The van der Waals surface area contributed by atoms with Crippen LogP contribution in [0.25, 0.3) is 0 Å². The highest BCUT2D eigenvalue weighted by Crippen LogP contribution is 2.50. The molecule has 0 spiro atoms. The lowest BCUT2D eigenvalue weighted by Crippen LogP contribution is -2.67. The first-order valence-electron chi connectivity index (χ1n) is 17.3. The summed E-state index contributed by atoms with van der Waals surface area (Å²) in [4.78, 5) is 12.7. The number of esters is 1. The summed E-state index contributed by atoms with van der Waals surface area (Å²) in [5.41, 5.74) is 2.06. The van der Waals surface area contributed by atoms with Crippen LogP contribution in [-0.4, -0.2) is 50.4 Å². The minimum atomic E-state index is -2.30. The van der Waals surface area contributed by atoms with Gasteiger partial charge in [0.05, 0.1) is 31.5 Å². The van der Waals surface area contributed by atoms with Crippen molar-refractivity contribution in [2.45, 2.75) is 153 Å². The number of rotatable bonds is 15. The molecule has 45 heavy (non-hydrogen) atoms. The van der Waals surface area contributed by atoms with Crippen LogP contribution in [0.1, 0.15) is 105 Å². The van der Waals surface area contributed by atoms with Gasteiger partial charge in [-0.2, -0.15) is 0 Å². The highest BCUT2D eigenvalue weighted by atomic mass is 28.4. The van der Waals surface area contributed by atoms with E-state index in [1.807, 2.05) is 43.3 Å². The molecular weight excluding hydrogens is 580 g/mol. The molecule has 2 aliphatic heterocycles. The molecule has 0 bridgehead atoms. The molecule has 7 heteroatoms. The first-order chi connectivity index (χ1) is 21.4. The zero-order valence-corrected chi connectivity index (χ0v) is 30.1. The Bertz CT molecular complexity index is 1170. The molecule has 0 radical (unpaired) electrons. The molecule has 2 aromatic rings. The lowest BCUT2D eigenvalue weighted by Gasteiger charge is -2.56. The molecule has 0 saturated carbocycles. The normalized spacial score (nSPS) is 26.5. The third kappa shape index (κ3) is 8.47. The highest BCUT2D eigenvalue weighted by Gasteiger charge is 2.59. The fraction of sp³-hybridized carbons (Fsp3) is 0.658. The fourth-order valence-corrected chi connectivity index (χ4v) is 13.6. The SMILES string of the molecule is CC(C)[Si](O[C@@H](CCCOCc1ccccc1)[C@]1(C)O[C@@H]2CCCC(=O)O[C@@]2(C)C[C@H]1OCc1ccccc1)(C(C)C)C(C)C. The van der Waals surface area contributed by atoms with Crippen LogP contribution in [0.15, 0.2) is 60.7 Å². The Morgan fingerprint density at radius 1 is 0.867 bits per heavy atom. The van der Waals surface area contributed by atoms with Gasteiger partial charge >= 0.3 is 5.97 Å². The van der Waals surface area contributed by atoms with E-state index in [0.717, 1.165) is 31.2 Å². The minimum Gasteiger partial charge on any atom is -0.456 e. The summed E-state index contributed by atoms with van der Waals surface area (Å²) in [6.45, 7) is 19.9. The second-order valence-electron chi connectivity index (χ2n) is 14.6. The third-order valence-electron chi connectivity index (χ3n) is 10.4. The molecule has 6 nitrogen and oxygen atoms in total. The standard InChI is InChI=1S/C38H58O6Si/c1-28(2)45(29(3)4,30(5)6)44-34(22-16-24-40-26-31-17-11-9-12-18-31)38(8)35(41-27-32-19-13-10-14-20-32)25-37(7)33(42-38)21-15-23-36(39)43-37/h9-14,17-20,28-30,33-35H,15-16,21-27H2,1-8H3/t33-,34+,35-,37+,38+/m1/s1. The molecule has 2 fully saturated rings. The molecule has 0 N–H and O–H groups in total. The van der Waals surface area contributed by atoms with Crippen LogP contribution in [0.2, 0.25) is 16.6 Å². The fourth-order valence-electron chi connectivity index (χ4n) is 7.95. The zero-order valence-electron chi connectivity index (χ0n) is 29.1. The number of carbonyl (C=O) groups is 1. The quantitative estimate of drug-likeness (QED) is 0.110. The van der Waals surface area contributed by atoms with Gasteiger partial charge in [-0.25, -0.2) is 0 Å². The molecule has 2 heterocycles. The van der Waals surface area contributed by atoms with Crippen molar-refractivity contribution in [2.24, 2.45) is 0 Å². The van der Waals surface area contributed by atoms with Crippen LogP contribution in [0, 0.1) is 0 Å². The van der Waals surface area contributed by atoms with Crippen molar-refractivity contribution in [1.29, 1.82) is 0 Å². The van der Waals surface area contributed by atoms with Gasteiger partial charge < -0.3 is 23.4 Å². The molecule has 0 amide bonds. The van der Waals surface area contributed by atoms with E-state index in [-0.39, 0.29) is 24.3 Å². The van der Waals surface area contributed by atoms with Crippen molar-refractivity contribution < 1.29 is 28.2 Å². The highest BCUT2D eigenvalue weighted by molar-refractivity contribution is 6.77. The molecule has 2 aliphatic rings. The number of ether oxygens (including phenoxy) is 4. The van der Waals surface area contributed by atoms with Crippen molar-refractivity contribution in [3.8, 4) is 0 Å². The van der Waals surface area contributed by atoms with Crippen LogP contribution in [-0.2, 0) is 41.4 Å². The molecule has 250 valence electrons. The Kier molecular flexibility index (Phi) is 12.5. The molecule has 4 rings (SSSR count). The van der Waals surface area contributed by atoms with Gasteiger partial charge in [-0.1, -0.05) is 102 Å². The van der Waals surface area contributed by atoms with Crippen LogP contribution in [0.3, 0.4) is 0 Å². The van der Waals surface area contributed by atoms with Crippen molar-refractivity contribution in [2.75, 3.05) is 6.61 Å². The van der Waals surface area contributed by atoms with Crippen LogP contribution >= 0.6 is 0 Å². The number of fused-ring (bicyclic) bond motifs is 1. The first kappa shape index (κ1) is 35.8. The van der Waals surface area contributed by atoms with Crippen molar-refractivity contribution >= 4 is 14.3 Å². The zero-order chi connectivity index (χ0) is 32.7. The van der Waals surface area contributed by atoms with Gasteiger partial charge in [0.15, 0.2) is 0 Å². The monoisotopic (exact) mass is 638 g/mol. The minimum absolute atomic E-state index is 0.150. The summed E-state index contributed by atoms with van der Waals surface area (Å²) in [6, 6.07) is 20.6. The Morgan fingerprint density at radius 2 is 1.44 bits per heavy atom. The number of hydrogen-bond donors (Lipinski definition) is 0. The van der Waals surface area contributed by atoms with Crippen LogP contribution < -0.4 is 0 Å². The lowest BCUT2D eigenvalue weighted by molar-refractivity contribution is -0.289. The second-order valence-corrected chi connectivity index (χ2v) is 20.0. The molecule has 2 aromatic carbocycles. The average Bonchev–Trinajstić information content (AvgIpc) is 3.14. The molecule has 2 saturated heterocycles. The molecule has 0 aromatic heterocycles. The van der Waals surface area contributed by atoms with Crippen LogP contribution in [0.5, 0.6) is 0 Å². The summed E-state index contributed by atoms with van der Waals surface area (Å²) in [5.74, 6) is -0.150.